The summed E-state index contributed by atoms with van der Waals surface area (Å²) in [7, 11) is -9.38. The third kappa shape index (κ3) is 2.75. The molecule has 0 amide bonds. The van der Waals surface area contributed by atoms with Crippen LogP contribution in [0.4, 0.5) is 5.69 Å². The normalized spacial score (nSPS) is 14.1. The minimum atomic E-state index is -4.76. The van der Waals surface area contributed by atoms with Crippen LogP contribution in [-0.4, -0.2) is 37.5 Å². The van der Waals surface area contributed by atoms with Crippen LogP contribution >= 0.6 is 15.9 Å². The van der Waals surface area contributed by atoms with Crippen molar-refractivity contribution in [2.24, 2.45) is 0 Å². The third-order valence-electron chi connectivity index (χ3n) is 3.79. The van der Waals surface area contributed by atoms with Gasteiger partial charge in [0.05, 0.1) is 21.7 Å². The van der Waals surface area contributed by atoms with Crippen molar-refractivity contribution in [1.29, 1.82) is 0 Å². The third-order valence-corrected chi connectivity index (χ3v) is 6.16. The van der Waals surface area contributed by atoms with Gasteiger partial charge >= 0.3 is 0 Å². The Bertz CT molecular complexity index is 1230. The second-order valence-corrected chi connectivity index (χ2v) is 9.00. The van der Waals surface area contributed by atoms with E-state index in [-0.39, 0.29) is 21.2 Å². The van der Waals surface area contributed by atoms with Gasteiger partial charge in [-0.05, 0) is 40.2 Å². The van der Waals surface area contributed by atoms with E-state index in [2.05, 4.69) is 15.9 Å². The molecule has 3 rings (SSSR count). The molecule has 12 heteroatoms. The van der Waals surface area contributed by atoms with Crippen molar-refractivity contribution in [2.75, 3.05) is 5.73 Å². The maximum absolute atomic E-state index is 12.7. The first-order valence-electron chi connectivity index (χ1n) is 6.64. The zero-order chi connectivity index (χ0) is 19.6. The van der Waals surface area contributed by atoms with Crippen LogP contribution in [0.5, 0.6) is 0 Å². The molecule has 0 aliphatic heterocycles. The van der Waals surface area contributed by atoms with Crippen LogP contribution in [0, 0.1) is 0 Å². The highest BCUT2D eigenvalue weighted by Gasteiger charge is 2.36. The summed E-state index contributed by atoms with van der Waals surface area (Å²) in [6.07, 6.45) is 0. The van der Waals surface area contributed by atoms with E-state index in [1.165, 1.54) is 0 Å². The first-order chi connectivity index (χ1) is 11.8. The summed E-state index contributed by atoms with van der Waals surface area (Å²) in [5.74, 6) is -1.64. The molecule has 4 N–H and O–H groups in total. The molecule has 2 aromatic rings. The van der Waals surface area contributed by atoms with Crippen molar-refractivity contribution < 1.29 is 35.5 Å². The van der Waals surface area contributed by atoms with Crippen molar-refractivity contribution >= 4 is 53.4 Å². The Morgan fingerprint density at radius 1 is 0.846 bits per heavy atom. The van der Waals surface area contributed by atoms with E-state index in [9.17, 15) is 31.0 Å². The van der Waals surface area contributed by atoms with Gasteiger partial charge in [-0.3, -0.25) is 18.7 Å². The van der Waals surface area contributed by atoms with Crippen molar-refractivity contribution in [3.63, 3.8) is 0 Å². The van der Waals surface area contributed by atoms with Crippen LogP contribution in [0.1, 0.15) is 31.8 Å². The molecule has 1 aliphatic rings. The summed E-state index contributed by atoms with van der Waals surface area (Å²) in [6, 6.07) is 3.64. The number of nitrogens with two attached hydrogens (primary N) is 1. The Morgan fingerprint density at radius 3 is 1.96 bits per heavy atom. The summed E-state index contributed by atoms with van der Waals surface area (Å²) in [6.45, 7) is 0. The van der Waals surface area contributed by atoms with Gasteiger partial charge in [0.25, 0.3) is 20.2 Å². The number of carbonyl (C=O) groups excluding carboxylic acids is 2. The van der Waals surface area contributed by atoms with Crippen LogP contribution in [0.15, 0.2) is 38.5 Å². The molecule has 1 aliphatic carbocycles. The van der Waals surface area contributed by atoms with Crippen LogP contribution < -0.4 is 5.73 Å². The Labute approximate surface area is 155 Å². The number of halogens is 1. The van der Waals surface area contributed by atoms with Gasteiger partial charge in [0, 0.05) is 15.6 Å². The molecule has 0 fully saturated rings. The lowest BCUT2D eigenvalue weighted by molar-refractivity contribution is 0.0978. The number of nitrogen functional groups attached to an aromatic ring is 1. The standard InChI is InChI=1S/C14H8BrNO8S2/c15-8-4-9(26(22,23)24)12(16)11-10(8)14(18)7-3-5(25(19,20)21)1-2-6(7)13(11)17/h1-4H,16H2,(H,19,20,21)(H,22,23,24). The van der Waals surface area contributed by atoms with Crippen molar-refractivity contribution in [1.82, 2.24) is 0 Å². The Kier molecular flexibility index (Phi) is 4.08. The van der Waals surface area contributed by atoms with Gasteiger partial charge in [-0.25, -0.2) is 0 Å². The topological polar surface area (TPSA) is 169 Å². The van der Waals surface area contributed by atoms with Crippen LogP contribution in [0.2, 0.25) is 0 Å². The number of fused-ring (bicyclic) bond motifs is 2. The number of benzene rings is 2. The van der Waals surface area contributed by atoms with Gasteiger partial charge < -0.3 is 5.73 Å². The van der Waals surface area contributed by atoms with E-state index in [1.807, 2.05) is 0 Å². The Balaban J connectivity index is 2.38. The van der Waals surface area contributed by atoms with Crippen LogP contribution in [0.25, 0.3) is 0 Å². The lowest BCUT2D eigenvalue weighted by Gasteiger charge is -2.21. The highest BCUT2D eigenvalue weighted by molar-refractivity contribution is 9.10. The van der Waals surface area contributed by atoms with E-state index in [0.29, 0.717) is 0 Å². The number of anilines is 1. The molecular weight excluding hydrogens is 454 g/mol. The lowest BCUT2D eigenvalue weighted by Crippen LogP contribution is -2.24. The summed E-state index contributed by atoms with van der Waals surface area (Å²) >= 11 is 2.97. The minimum absolute atomic E-state index is 0.129. The van der Waals surface area contributed by atoms with Crippen molar-refractivity contribution in [3.05, 3.63) is 51.0 Å². The van der Waals surface area contributed by atoms with Gasteiger partial charge in [-0.15, -0.1) is 0 Å². The fourth-order valence-electron chi connectivity index (χ4n) is 2.65. The first-order valence-corrected chi connectivity index (χ1v) is 10.3. The molecule has 2 aromatic carbocycles. The van der Waals surface area contributed by atoms with E-state index in [1.54, 1.807) is 0 Å². The molecule has 0 saturated carbocycles. The monoisotopic (exact) mass is 461 g/mol. The zero-order valence-corrected chi connectivity index (χ0v) is 15.6. The number of carbonyl (C=O) groups is 2. The quantitative estimate of drug-likeness (QED) is 0.375. The highest BCUT2D eigenvalue weighted by Crippen LogP contribution is 2.39. The van der Waals surface area contributed by atoms with Crippen molar-refractivity contribution in [2.45, 2.75) is 9.79 Å². The molecule has 0 radical (unpaired) electrons. The largest absolute Gasteiger partial charge is 0.397 e. The second kappa shape index (κ2) is 5.69. The second-order valence-electron chi connectivity index (χ2n) is 5.34. The van der Waals surface area contributed by atoms with Gasteiger partial charge in [0.1, 0.15) is 4.90 Å². The average Bonchev–Trinajstić information content (AvgIpc) is 2.51. The molecular formula is C14H8BrNO8S2. The maximum Gasteiger partial charge on any atom is 0.296 e. The molecule has 0 heterocycles. The van der Waals surface area contributed by atoms with E-state index in [4.69, 9.17) is 10.3 Å². The first kappa shape index (κ1) is 18.7. The predicted molar refractivity (Wildman–Crippen MR) is 91.5 cm³/mol. The fourth-order valence-corrected chi connectivity index (χ4v) is 4.56. The van der Waals surface area contributed by atoms with Gasteiger partial charge in [0.2, 0.25) is 0 Å². The molecule has 26 heavy (non-hydrogen) atoms. The van der Waals surface area contributed by atoms with Gasteiger partial charge in [0.15, 0.2) is 11.6 Å². The molecule has 0 aromatic heterocycles. The molecule has 0 atom stereocenters. The van der Waals surface area contributed by atoms with E-state index < -0.39 is 52.8 Å². The predicted octanol–water partition coefficient (Wildman–Crippen LogP) is 1.30. The lowest BCUT2D eigenvalue weighted by atomic mass is 9.83. The summed E-state index contributed by atoms with van der Waals surface area (Å²) < 4.78 is 63.7. The number of ketones is 2. The molecule has 0 saturated heterocycles. The fraction of sp³-hybridized carbons (Fsp3) is 0. The van der Waals surface area contributed by atoms with E-state index in [0.717, 1.165) is 24.3 Å². The molecule has 0 unspecified atom stereocenters. The minimum Gasteiger partial charge on any atom is -0.397 e. The highest BCUT2D eigenvalue weighted by atomic mass is 79.9. The van der Waals surface area contributed by atoms with E-state index >= 15 is 0 Å². The van der Waals surface area contributed by atoms with Gasteiger partial charge in [-0.2, -0.15) is 16.8 Å². The zero-order valence-electron chi connectivity index (χ0n) is 12.4. The Hall–Kier alpha value is -2.12. The summed E-state index contributed by atoms with van der Waals surface area (Å²) in [5.41, 5.74) is 3.88. The smallest absolute Gasteiger partial charge is 0.296 e. The molecule has 0 bridgehead atoms. The number of rotatable bonds is 2. The number of hydrogen-bond donors (Lipinski definition) is 3. The SMILES string of the molecule is Nc1c(S(=O)(=O)O)cc(Br)c2c1C(=O)c1ccc(S(=O)(=O)O)cc1C2=O. The molecule has 0 spiro atoms. The summed E-state index contributed by atoms with van der Waals surface area (Å²) in [5, 5.41) is 0. The maximum atomic E-state index is 12.7. The average molecular weight is 462 g/mol. The van der Waals surface area contributed by atoms with Crippen LogP contribution in [0.3, 0.4) is 0 Å². The summed E-state index contributed by atoms with van der Waals surface area (Å²) in [4.78, 5) is 24.1. The molecule has 136 valence electrons. The number of hydrogen-bond acceptors (Lipinski definition) is 7. The Morgan fingerprint density at radius 2 is 1.42 bits per heavy atom. The molecule has 9 nitrogen and oxygen atoms in total. The van der Waals surface area contributed by atoms with Gasteiger partial charge in [-0.1, -0.05) is 0 Å². The van der Waals surface area contributed by atoms with Crippen molar-refractivity contribution in [3.8, 4) is 0 Å². The van der Waals surface area contributed by atoms with Crippen LogP contribution in [-0.2, 0) is 20.2 Å².